The van der Waals surface area contributed by atoms with Crippen LogP contribution in [0.25, 0.3) is 0 Å². The standard InChI is InChI=1S/C17H29N2O.HI/c1-2-19-10-4-6-13-12-18-15(8-3-9-16(18)20)14(17(13)19)7-5-11-19;/h13-15,17H,2-12H2,1H3;1H/q+1;/p-1. The van der Waals surface area contributed by atoms with Gasteiger partial charge in [0.25, 0.3) is 0 Å². The van der Waals surface area contributed by atoms with Crippen LogP contribution in [0.15, 0.2) is 0 Å². The SMILES string of the molecule is CC[N+]12CCCC3CN4C(=O)CCCC4C(CCC1)C32.[I-]. The average Bonchev–Trinajstić information content (AvgIpc) is 2.49. The van der Waals surface area contributed by atoms with Gasteiger partial charge in [-0.05, 0) is 45.4 Å². The van der Waals surface area contributed by atoms with Gasteiger partial charge in [0.2, 0.25) is 5.91 Å². The molecule has 0 aromatic carbocycles. The number of nitrogens with zero attached hydrogens (tertiary/aromatic N) is 2. The fourth-order valence-electron chi connectivity index (χ4n) is 6.29. The topological polar surface area (TPSA) is 20.3 Å². The van der Waals surface area contributed by atoms with Gasteiger partial charge in [-0.15, -0.1) is 0 Å². The Morgan fingerprint density at radius 1 is 1.14 bits per heavy atom. The molecular formula is C17H29IN2O. The second-order valence-corrected chi connectivity index (χ2v) is 7.69. The highest BCUT2D eigenvalue weighted by atomic mass is 127. The molecule has 0 bridgehead atoms. The smallest absolute Gasteiger partial charge is 0.222 e. The van der Waals surface area contributed by atoms with Gasteiger partial charge in [-0.1, -0.05) is 0 Å². The molecule has 0 N–H and O–H groups in total. The van der Waals surface area contributed by atoms with E-state index >= 15 is 0 Å². The highest BCUT2D eigenvalue weighted by molar-refractivity contribution is 5.77. The summed E-state index contributed by atoms with van der Waals surface area (Å²) < 4.78 is 1.40. The highest BCUT2D eigenvalue weighted by Gasteiger charge is 2.57. The molecule has 4 fully saturated rings. The third kappa shape index (κ3) is 2.35. The maximum absolute atomic E-state index is 12.3. The van der Waals surface area contributed by atoms with Gasteiger partial charge in [-0.25, -0.2) is 0 Å². The lowest BCUT2D eigenvalue weighted by Gasteiger charge is -2.62. The van der Waals surface area contributed by atoms with Crippen LogP contribution in [0, 0.1) is 11.8 Å². The van der Waals surface area contributed by atoms with E-state index in [4.69, 9.17) is 0 Å². The van der Waals surface area contributed by atoms with Gasteiger partial charge in [-0.3, -0.25) is 4.79 Å². The number of fused-ring (bicyclic) bond motifs is 2. The number of hydrogen-bond acceptors (Lipinski definition) is 1. The number of hydrogen-bond donors (Lipinski definition) is 0. The van der Waals surface area contributed by atoms with Crippen molar-refractivity contribution in [2.45, 2.75) is 64.0 Å². The molecule has 5 unspecified atom stereocenters. The summed E-state index contributed by atoms with van der Waals surface area (Å²) in [6, 6.07) is 1.48. The summed E-state index contributed by atoms with van der Waals surface area (Å²) in [7, 11) is 0. The molecule has 21 heavy (non-hydrogen) atoms. The number of amides is 1. The monoisotopic (exact) mass is 404 g/mol. The van der Waals surface area contributed by atoms with Crippen LogP contribution in [0.4, 0.5) is 0 Å². The first kappa shape index (κ1) is 16.0. The summed E-state index contributed by atoms with van der Waals surface area (Å²) in [6.45, 7) is 7.63. The number of quaternary nitrogens is 1. The van der Waals surface area contributed by atoms with Crippen LogP contribution < -0.4 is 24.0 Å². The number of carbonyl (C=O) groups is 1. The Morgan fingerprint density at radius 3 is 2.67 bits per heavy atom. The molecule has 4 heteroatoms. The van der Waals surface area contributed by atoms with Gasteiger partial charge in [0, 0.05) is 30.8 Å². The Bertz CT molecular complexity index is 412. The van der Waals surface area contributed by atoms with Crippen LogP contribution in [0.5, 0.6) is 0 Å². The number of rotatable bonds is 1. The van der Waals surface area contributed by atoms with E-state index in [1.807, 2.05) is 0 Å². The predicted molar refractivity (Wildman–Crippen MR) is 79.1 cm³/mol. The van der Waals surface area contributed by atoms with Crippen molar-refractivity contribution >= 4 is 5.91 Å². The lowest BCUT2D eigenvalue weighted by Crippen LogP contribution is -3.00. The van der Waals surface area contributed by atoms with E-state index in [9.17, 15) is 4.79 Å². The molecule has 0 radical (unpaired) electrons. The molecule has 4 saturated heterocycles. The summed E-state index contributed by atoms with van der Waals surface area (Å²) >= 11 is 0. The van der Waals surface area contributed by atoms with E-state index in [2.05, 4.69) is 11.8 Å². The van der Waals surface area contributed by atoms with Crippen molar-refractivity contribution in [3.8, 4) is 0 Å². The van der Waals surface area contributed by atoms with Crippen molar-refractivity contribution < 1.29 is 33.3 Å². The molecule has 0 aromatic heterocycles. The first-order valence-electron chi connectivity index (χ1n) is 8.90. The number of piperidine rings is 4. The van der Waals surface area contributed by atoms with Gasteiger partial charge in [0.1, 0.15) is 0 Å². The third-order valence-electron chi connectivity index (χ3n) is 7.04. The van der Waals surface area contributed by atoms with E-state index in [0.29, 0.717) is 11.9 Å². The zero-order valence-electron chi connectivity index (χ0n) is 13.3. The van der Waals surface area contributed by atoms with Crippen LogP contribution in [0.3, 0.4) is 0 Å². The molecule has 3 nitrogen and oxygen atoms in total. The molecule has 0 aromatic rings. The Kier molecular flexibility index (Phi) is 4.57. The van der Waals surface area contributed by atoms with Crippen molar-refractivity contribution in [3.63, 3.8) is 0 Å². The van der Waals surface area contributed by atoms with Crippen molar-refractivity contribution in [2.24, 2.45) is 11.8 Å². The number of carbonyl (C=O) groups excluding carboxylic acids is 1. The van der Waals surface area contributed by atoms with Crippen LogP contribution in [-0.2, 0) is 4.79 Å². The second kappa shape index (κ2) is 5.99. The Morgan fingerprint density at radius 2 is 1.90 bits per heavy atom. The zero-order valence-corrected chi connectivity index (χ0v) is 15.4. The van der Waals surface area contributed by atoms with Gasteiger partial charge in [0.15, 0.2) is 0 Å². The number of halogens is 1. The fraction of sp³-hybridized carbons (Fsp3) is 0.941. The first-order chi connectivity index (χ1) is 9.75. The zero-order chi connectivity index (χ0) is 13.7. The van der Waals surface area contributed by atoms with E-state index in [1.165, 1.54) is 56.2 Å². The largest absolute Gasteiger partial charge is 1.00 e. The lowest BCUT2D eigenvalue weighted by atomic mass is 9.66. The van der Waals surface area contributed by atoms with E-state index in [0.717, 1.165) is 37.3 Å². The molecule has 4 aliphatic rings. The minimum atomic E-state index is 0. The van der Waals surface area contributed by atoms with Gasteiger partial charge in [-0.2, -0.15) is 0 Å². The molecule has 120 valence electrons. The fourth-order valence-corrected chi connectivity index (χ4v) is 6.29. The van der Waals surface area contributed by atoms with Gasteiger partial charge in [0.05, 0.1) is 25.7 Å². The molecule has 4 heterocycles. The molecule has 0 spiro atoms. The van der Waals surface area contributed by atoms with Crippen molar-refractivity contribution in [3.05, 3.63) is 0 Å². The summed E-state index contributed by atoms with van der Waals surface area (Å²) in [4.78, 5) is 14.7. The van der Waals surface area contributed by atoms with E-state index < -0.39 is 0 Å². The molecular weight excluding hydrogens is 375 g/mol. The minimum Gasteiger partial charge on any atom is -1.00 e. The highest BCUT2D eigenvalue weighted by Crippen LogP contribution is 2.48. The molecule has 5 atom stereocenters. The minimum absolute atomic E-state index is 0. The molecule has 1 amide bonds. The summed E-state index contributed by atoms with van der Waals surface area (Å²) in [5.74, 6) is 2.07. The Labute approximate surface area is 146 Å². The average molecular weight is 404 g/mol. The second-order valence-electron chi connectivity index (χ2n) is 7.69. The lowest BCUT2D eigenvalue weighted by molar-refractivity contribution is -0.968. The van der Waals surface area contributed by atoms with Crippen LogP contribution in [0.2, 0.25) is 0 Å². The molecule has 0 aliphatic carbocycles. The van der Waals surface area contributed by atoms with Crippen molar-refractivity contribution in [2.75, 3.05) is 26.2 Å². The van der Waals surface area contributed by atoms with Crippen molar-refractivity contribution in [1.82, 2.24) is 4.90 Å². The first-order valence-corrected chi connectivity index (χ1v) is 8.90. The summed E-state index contributed by atoms with van der Waals surface area (Å²) in [6.07, 6.45) is 8.76. The third-order valence-corrected chi connectivity index (χ3v) is 7.04. The van der Waals surface area contributed by atoms with Crippen LogP contribution in [-0.4, -0.2) is 53.6 Å². The molecule has 4 aliphatic heterocycles. The quantitative estimate of drug-likeness (QED) is 0.423. The van der Waals surface area contributed by atoms with Gasteiger partial charge < -0.3 is 33.4 Å². The van der Waals surface area contributed by atoms with Crippen LogP contribution in [0.1, 0.15) is 51.9 Å². The summed E-state index contributed by atoms with van der Waals surface area (Å²) in [5, 5.41) is 0. The van der Waals surface area contributed by atoms with Crippen molar-refractivity contribution in [1.29, 1.82) is 0 Å². The summed E-state index contributed by atoms with van der Waals surface area (Å²) in [5.41, 5.74) is 0. The Hall–Kier alpha value is 0.160. The van der Waals surface area contributed by atoms with E-state index in [-0.39, 0.29) is 24.0 Å². The van der Waals surface area contributed by atoms with E-state index in [1.54, 1.807) is 0 Å². The maximum Gasteiger partial charge on any atom is 0.222 e. The normalized spacial score (nSPS) is 45.4. The maximum atomic E-state index is 12.3. The molecule has 0 saturated carbocycles. The predicted octanol–water partition coefficient (Wildman–Crippen LogP) is -0.590. The Balaban J connectivity index is 0.00000132. The van der Waals surface area contributed by atoms with Crippen LogP contribution >= 0.6 is 0 Å². The van der Waals surface area contributed by atoms with Gasteiger partial charge >= 0.3 is 0 Å². The molecule has 4 rings (SSSR count).